The first-order chi connectivity index (χ1) is 13.6. The topological polar surface area (TPSA) is 98.8 Å². The van der Waals surface area contributed by atoms with Crippen LogP contribution < -0.4 is 11.3 Å². The highest BCUT2D eigenvalue weighted by Gasteiger charge is 2.20. The lowest BCUT2D eigenvalue weighted by atomic mass is 10.2. The van der Waals surface area contributed by atoms with E-state index in [2.05, 4.69) is 15.2 Å². The van der Waals surface area contributed by atoms with Crippen molar-refractivity contribution < 1.29 is 4.74 Å². The summed E-state index contributed by atoms with van der Waals surface area (Å²) >= 11 is 6.25. The molecule has 3 N–H and O–H groups in total. The van der Waals surface area contributed by atoms with E-state index in [0.717, 1.165) is 5.56 Å². The maximum atomic E-state index is 13.2. The molecule has 2 heterocycles. The summed E-state index contributed by atoms with van der Waals surface area (Å²) in [7, 11) is 0. The number of fused-ring (bicyclic) bond motifs is 1. The molecule has 0 fully saturated rings. The second kappa shape index (κ2) is 7.93. The number of rotatable bonds is 6. The molecule has 8 heteroatoms. The highest BCUT2D eigenvalue weighted by Crippen LogP contribution is 2.22. The number of aromatic amines is 1. The number of ether oxygens (including phenoxy) is 1. The number of nitrogens with one attached hydrogen (secondary N) is 1. The number of benzene rings is 2. The van der Waals surface area contributed by atoms with Gasteiger partial charge in [-0.3, -0.25) is 14.5 Å². The lowest BCUT2D eigenvalue weighted by molar-refractivity contribution is 0.105. The van der Waals surface area contributed by atoms with Gasteiger partial charge < -0.3 is 10.5 Å². The Morgan fingerprint density at radius 1 is 1.18 bits per heavy atom. The minimum atomic E-state index is -0.616. The third-order valence-electron chi connectivity index (χ3n) is 4.36. The van der Waals surface area contributed by atoms with E-state index in [1.54, 1.807) is 24.4 Å². The average Bonchev–Trinajstić information content (AvgIpc) is 3.22. The molecule has 2 aromatic carbocycles. The monoisotopic (exact) mass is 395 g/mol. The Morgan fingerprint density at radius 2 is 2.00 bits per heavy atom. The maximum Gasteiger partial charge on any atom is 0.267 e. The van der Waals surface area contributed by atoms with Gasteiger partial charge in [-0.2, -0.15) is 5.10 Å². The summed E-state index contributed by atoms with van der Waals surface area (Å²) < 4.78 is 7.18. The van der Waals surface area contributed by atoms with Crippen LogP contribution in [-0.4, -0.2) is 26.4 Å². The number of halogens is 1. The van der Waals surface area contributed by atoms with Crippen molar-refractivity contribution in [3.8, 4) is 5.69 Å². The van der Waals surface area contributed by atoms with E-state index in [9.17, 15) is 4.79 Å². The maximum absolute atomic E-state index is 13.2. The third-order valence-corrected chi connectivity index (χ3v) is 4.67. The molecule has 0 aliphatic heterocycles. The third kappa shape index (κ3) is 3.55. The number of aromatic nitrogens is 4. The first-order valence-corrected chi connectivity index (χ1v) is 9.10. The van der Waals surface area contributed by atoms with Crippen LogP contribution in [0, 0.1) is 0 Å². The van der Waals surface area contributed by atoms with Crippen molar-refractivity contribution in [3.05, 3.63) is 87.7 Å². The van der Waals surface area contributed by atoms with Crippen LogP contribution >= 0.6 is 11.6 Å². The Balaban J connectivity index is 1.71. The molecule has 1 unspecified atom stereocenters. The van der Waals surface area contributed by atoms with Crippen molar-refractivity contribution >= 4 is 22.5 Å². The molecule has 0 bridgehead atoms. The fourth-order valence-electron chi connectivity index (χ4n) is 3.02. The Kier molecular flexibility index (Phi) is 5.21. The minimum Gasteiger partial charge on any atom is -0.375 e. The van der Waals surface area contributed by atoms with Crippen LogP contribution in [0.4, 0.5) is 0 Å². The van der Waals surface area contributed by atoms with Crippen LogP contribution in [0.15, 0.2) is 65.7 Å². The molecule has 0 spiro atoms. The minimum absolute atomic E-state index is 0.200. The van der Waals surface area contributed by atoms with E-state index < -0.39 is 6.04 Å². The number of hydrogen-bond acceptors (Lipinski definition) is 5. The van der Waals surface area contributed by atoms with Gasteiger partial charge in [0, 0.05) is 6.20 Å². The van der Waals surface area contributed by atoms with Gasteiger partial charge in [-0.05, 0) is 17.7 Å². The molecule has 2 aromatic heterocycles. The summed E-state index contributed by atoms with van der Waals surface area (Å²) in [5.74, 6) is 0.384. The molecule has 0 saturated carbocycles. The first kappa shape index (κ1) is 18.4. The summed E-state index contributed by atoms with van der Waals surface area (Å²) in [5, 5.41) is 7.31. The molecule has 7 nitrogen and oxygen atoms in total. The van der Waals surface area contributed by atoms with Crippen molar-refractivity contribution in [1.29, 1.82) is 0 Å². The Bertz CT molecular complexity index is 1140. The molecular formula is C20H18ClN5O2. The Morgan fingerprint density at radius 3 is 2.75 bits per heavy atom. The van der Waals surface area contributed by atoms with Gasteiger partial charge in [0.2, 0.25) is 0 Å². The summed E-state index contributed by atoms with van der Waals surface area (Å²) in [6, 6.07) is 14.3. The Labute approximate surface area is 165 Å². The molecule has 1 atom stereocenters. The van der Waals surface area contributed by atoms with Crippen LogP contribution in [-0.2, 0) is 11.3 Å². The molecule has 0 aliphatic carbocycles. The number of hydrogen-bond donors (Lipinski definition) is 2. The summed E-state index contributed by atoms with van der Waals surface area (Å²) in [5.41, 5.74) is 8.12. The smallest absolute Gasteiger partial charge is 0.267 e. The fraction of sp³-hybridized carbons (Fsp3) is 0.150. The van der Waals surface area contributed by atoms with Gasteiger partial charge in [-0.1, -0.05) is 48.0 Å². The van der Waals surface area contributed by atoms with E-state index in [0.29, 0.717) is 34.0 Å². The second-order valence-electron chi connectivity index (χ2n) is 6.31. The molecule has 142 valence electrons. The largest absolute Gasteiger partial charge is 0.375 e. The van der Waals surface area contributed by atoms with Crippen molar-refractivity contribution in [1.82, 2.24) is 19.7 Å². The second-order valence-corrected chi connectivity index (χ2v) is 6.72. The van der Waals surface area contributed by atoms with E-state index in [4.69, 9.17) is 22.1 Å². The molecular weight excluding hydrogens is 378 g/mol. The zero-order valence-corrected chi connectivity index (χ0v) is 15.6. The number of nitrogens with two attached hydrogens (primary N) is 1. The van der Waals surface area contributed by atoms with E-state index >= 15 is 0 Å². The van der Waals surface area contributed by atoms with E-state index in [1.165, 1.54) is 10.8 Å². The van der Waals surface area contributed by atoms with Gasteiger partial charge in [0.1, 0.15) is 5.82 Å². The van der Waals surface area contributed by atoms with Gasteiger partial charge in [0.15, 0.2) is 0 Å². The molecule has 0 aliphatic rings. The normalized spacial score (nSPS) is 12.4. The summed E-state index contributed by atoms with van der Waals surface area (Å²) in [4.78, 5) is 17.8. The zero-order chi connectivity index (χ0) is 19.5. The van der Waals surface area contributed by atoms with Gasteiger partial charge in [0.25, 0.3) is 5.56 Å². The predicted molar refractivity (Wildman–Crippen MR) is 108 cm³/mol. The zero-order valence-electron chi connectivity index (χ0n) is 14.9. The number of nitrogens with zero attached hydrogens (tertiary/aromatic N) is 3. The molecule has 28 heavy (non-hydrogen) atoms. The first-order valence-electron chi connectivity index (χ1n) is 8.72. The van der Waals surface area contributed by atoms with Gasteiger partial charge >= 0.3 is 0 Å². The van der Waals surface area contributed by atoms with Crippen LogP contribution in [0.1, 0.15) is 17.4 Å². The quantitative estimate of drug-likeness (QED) is 0.523. The summed E-state index contributed by atoms with van der Waals surface area (Å²) in [6.45, 7) is 0.620. The molecule has 0 amide bonds. The van der Waals surface area contributed by atoms with E-state index in [-0.39, 0.29) is 12.2 Å². The molecule has 4 rings (SSSR count). The fourth-order valence-corrected chi connectivity index (χ4v) is 3.27. The predicted octanol–water partition coefficient (Wildman–Crippen LogP) is 2.98. The van der Waals surface area contributed by atoms with E-state index in [1.807, 2.05) is 30.3 Å². The van der Waals surface area contributed by atoms with Crippen molar-refractivity contribution in [2.45, 2.75) is 12.6 Å². The van der Waals surface area contributed by atoms with Crippen molar-refractivity contribution in [2.75, 3.05) is 6.61 Å². The SMILES string of the molecule is NC(COCc1ccccc1)c1nc2cccc(Cl)c2c(=O)n1-c1cn[nH]c1. The van der Waals surface area contributed by atoms with Gasteiger partial charge in [-0.25, -0.2) is 4.98 Å². The van der Waals surface area contributed by atoms with Crippen LogP contribution in [0.5, 0.6) is 0 Å². The average molecular weight is 396 g/mol. The number of H-pyrrole nitrogens is 1. The highest BCUT2D eigenvalue weighted by atomic mass is 35.5. The lowest BCUT2D eigenvalue weighted by Gasteiger charge is -2.18. The molecule has 0 radical (unpaired) electrons. The van der Waals surface area contributed by atoms with Crippen molar-refractivity contribution in [3.63, 3.8) is 0 Å². The molecule has 0 saturated heterocycles. The molecule has 4 aromatic rings. The van der Waals surface area contributed by atoms with Gasteiger partial charge in [0.05, 0.1) is 47.1 Å². The highest BCUT2D eigenvalue weighted by molar-refractivity contribution is 6.35. The Hall–Kier alpha value is -3.00. The van der Waals surface area contributed by atoms with Gasteiger partial charge in [-0.15, -0.1) is 0 Å². The van der Waals surface area contributed by atoms with Crippen LogP contribution in [0.25, 0.3) is 16.6 Å². The van der Waals surface area contributed by atoms with Crippen molar-refractivity contribution in [2.24, 2.45) is 5.73 Å². The lowest BCUT2D eigenvalue weighted by Crippen LogP contribution is -2.30. The standard InChI is InChI=1S/C20H18ClN5O2/c21-15-7-4-8-17-18(15)20(27)26(14-9-23-24-10-14)19(25-17)16(22)12-28-11-13-5-2-1-3-6-13/h1-10,16H,11-12,22H2,(H,23,24). The van der Waals surface area contributed by atoms with Crippen LogP contribution in [0.3, 0.4) is 0 Å². The summed E-state index contributed by atoms with van der Waals surface area (Å²) in [6.07, 6.45) is 3.14. The van der Waals surface area contributed by atoms with Crippen LogP contribution in [0.2, 0.25) is 5.02 Å².